The standard InChI is InChI=1S/C10H16N4O/c1-2-14-7-9(6-11-14)13-10(15)12-8-4-3-5-8/h6-8H,2-5H2,1H3,(H2,12,13,15). The van der Waals surface area contributed by atoms with E-state index in [1.807, 2.05) is 13.1 Å². The van der Waals surface area contributed by atoms with Crippen molar-refractivity contribution in [2.75, 3.05) is 5.32 Å². The maximum atomic E-state index is 11.5. The summed E-state index contributed by atoms with van der Waals surface area (Å²) >= 11 is 0. The molecule has 1 saturated carbocycles. The normalized spacial score (nSPS) is 15.8. The third-order valence-electron chi connectivity index (χ3n) is 2.66. The first-order valence-corrected chi connectivity index (χ1v) is 5.38. The average Bonchev–Trinajstić information content (AvgIpc) is 2.59. The zero-order chi connectivity index (χ0) is 10.7. The summed E-state index contributed by atoms with van der Waals surface area (Å²) in [5.74, 6) is 0. The molecule has 2 N–H and O–H groups in total. The lowest BCUT2D eigenvalue weighted by Crippen LogP contribution is -2.41. The molecular weight excluding hydrogens is 192 g/mol. The van der Waals surface area contributed by atoms with E-state index in [0.29, 0.717) is 6.04 Å². The smallest absolute Gasteiger partial charge is 0.319 e. The van der Waals surface area contributed by atoms with Crippen LogP contribution in [0.15, 0.2) is 12.4 Å². The highest BCUT2D eigenvalue weighted by Crippen LogP contribution is 2.18. The molecule has 0 unspecified atom stereocenters. The summed E-state index contributed by atoms with van der Waals surface area (Å²) in [5, 5.41) is 9.74. The van der Waals surface area contributed by atoms with Crippen LogP contribution in [0.25, 0.3) is 0 Å². The van der Waals surface area contributed by atoms with E-state index in [-0.39, 0.29) is 6.03 Å². The van der Waals surface area contributed by atoms with Crippen molar-refractivity contribution in [3.05, 3.63) is 12.4 Å². The molecule has 0 radical (unpaired) electrons. The number of aryl methyl sites for hydroxylation is 1. The van der Waals surface area contributed by atoms with Gasteiger partial charge in [0.1, 0.15) is 0 Å². The van der Waals surface area contributed by atoms with Crippen molar-refractivity contribution in [2.24, 2.45) is 0 Å². The van der Waals surface area contributed by atoms with Gasteiger partial charge in [0.05, 0.1) is 11.9 Å². The van der Waals surface area contributed by atoms with Crippen molar-refractivity contribution in [3.8, 4) is 0 Å². The molecule has 2 amide bonds. The van der Waals surface area contributed by atoms with E-state index in [1.165, 1.54) is 6.42 Å². The molecule has 5 nitrogen and oxygen atoms in total. The van der Waals surface area contributed by atoms with Crippen molar-refractivity contribution >= 4 is 11.7 Å². The third-order valence-corrected chi connectivity index (χ3v) is 2.66. The maximum Gasteiger partial charge on any atom is 0.319 e. The monoisotopic (exact) mass is 208 g/mol. The number of hydrogen-bond acceptors (Lipinski definition) is 2. The Hall–Kier alpha value is -1.52. The molecule has 1 aliphatic rings. The van der Waals surface area contributed by atoms with Gasteiger partial charge in [0.25, 0.3) is 0 Å². The van der Waals surface area contributed by atoms with Gasteiger partial charge in [-0.05, 0) is 26.2 Å². The van der Waals surface area contributed by atoms with Crippen LogP contribution in [-0.4, -0.2) is 21.9 Å². The van der Waals surface area contributed by atoms with Crippen LogP contribution < -0.4 is 10.6 Å². The van der Waals surface area contributed by atoms with Crippen molar-refractivity contribution < 1.29 is 4.79 Å². The fourth-order valence-electron chi connectivity index (χ4n) is 1.51. The molecule has 0 saturated heterocycles. The van der Waals surface area contributed by atoms with Crippen LogP contribution in [0.1, 0.15) is 26.2 Å². The second-order valence-corrected chi connectivity index (χ2v) is 3.81. The number of urea groups is 1. The molecule has 0 bridgehead atoms. The summed E-state index contributed by atoms with van der Waals surface area (Å²) in [6.07, 6.45) is 6.90. The van der Waals surface area contributed by atoms with Gasteiger partial charge in [0, 0.05) is 18.8 Å². The maximum absolute atomic E-state index is 11.5. The summed E-state index contributed by atoms with van der Waals surface area (Å²) in [6, 6.07) is 0.238. The summed E-state index contributed by atoms with van der Waals surface area (Å²) in [4.78, 5) is 11.5. The van der Waals surface area contributed by atoms with Crippen LogP contribution in [-0.2, 0) is 6.54 Å². The zero-order valence-corrected chi connectivity index (χ0v) is 8.86. The first-order chi connectivity index (χ1) is 7.28. The van der Waals surface area contributed by atoms with E-state index < -0.39 is 0 Å². The third kappa shape index (κ3) is 2.49. The summed E-state index contributed by atoms with van der Waals surface area (Å²) in [6.45, 7) is 2.82. The quantitative estimate of drug-likeness (QED) is 0.792. The minimum Gasteiger partial charge on any atom is -0.335 e. The molecule has 82 valence electrons. The van der Waals surface area contributed by atoms with Crippen LogP contribution >= 0.6 is 0 Å². The molecule has 0 atom stereocenters. The Morgan fingerprint density at radius 2 is 2.47 bits per heavy atom. The van der Waals surface area contributed by atoms with E-state index in [1.54, 1.807) is 10.9 Å². The predicted molar refractivity (Wildman–Crippen MR) is 57.7 cm³/mol. The Balaban J connectivity index is 1.82. The molecule has 1 fully saturated rings. The van der Waals surface area contributed by atoms with E-state index in [9.17, 15) is 4.79 Å². The molecule has 5 heteroatoms. The summed E-state index contributed by atoms with van der Waals surface area (Å²) in [7, 11) is 0. The molecule has 0 aromatic carbocycles. The first kappa shape index (κ1) is 10.0. The lowest BCUT2D eigenvalue weighted by atomic mass is 9.93. The lowest BCUT2D eigenvalue weighted by Gasteiger charge is -2.26. The van der Waals surface area contributed by atoms with E-state index in [0.717, 1.165) is 25.1 Å². The molecule has 1 aromatic rings. The number of aromatic nitrogens is 2. The van der Waals surface area contributed by atoms with Crippen molar-refractivity contribution in [3.63, 3.8) is 0 Å². The molecule has 1 heterocycles. The summed E-state index contributed by atoms with van der Waals surface area (Å²) < 4.78 is 1.78. The number of carbonyl (C=O) groups excluding carboxylic acids is 1. The minimum absolute atomic E-state index is 0.129. The van der Waals surface area contributed by atoms with Crippen molar-refractivity contribution in [1.29, 1.82) is 0 Å². The topological polar surface area (TPSA) is 59.0 Å². The fourth-order valence-corrected chi connectivity index (χ4v) is 1.51. The van der Waals surface area contributed by atoms with Crippen molar-refractivity contribution in [2.45, 2.75) is 38.8 Å². The Kier molecular flexibility index (Phi) is 2.89. The molecule has 2 rings (SSSR count). The average molecular weight is 208 g/mol. The number of nitrogens with zero attached hydrogens (tertiary/aromatic N) is 2. The van der Waals surface area contributed by atoms with Crippen LogP contribution in [0, 0.1) is 0 Å². The molecule has 15 heavy (non-hydrogen) atoms. The van der Waals surface area contributed by atoms with Gasteiger partial charge < -0.3 is 10.6 Å². The SMILES string of the molecule is CCn1cc(NC(=O)NC2CCC2)cn1. The number of anilines is 1. The van der Waals surface area contributed by atoms with Gasteiger partial charge >= 0.3 is 6.03 Å². The van der Waals surface area contributed by atoms with E-state index >= 15 is 0 Å². The van der Waals surface area contributed by atoms with Gasteiger partial charge in [0.15, 0.2) is 0 Å². The predicted octanol–water partition coefficient (Wildman–Crippen LogP) is 1.58. The Morgan fingerprint density at radius 3 is 3.00 bits per heavy atom. The molecule has 0 spiro atoms. The highest BCUT2D eigenvalue weighted by molar-refractivity contribution is 5.89. The molecular formula is C10H16N4O. The van der Waals surface area contributed by atoms with E-state index in [4.69, 9.17) is 0 Å². The number of amides is 2. The second-order valence-electron chi connectivity index (χ2n) is 3.81. The van der Waals surface area contributed by atoms with Crippen molar-refractivity contribution in [1.82, 2.24) is 15.1 Å². The van der Waals surface area contributed by atoms with Crippen LogP contribution in [0.5, 0.6) is 0 Å². The van der Waals surface area contributed by atoms with Crippen LogP contribution in [0.4, 0.5) is 10.5 Å². The van der Waals surface area contributed by atoms with Gasteiger partial charge in [-0.25, -0.2) is 4.79 Å². The summed E-state index contributed by atoms with van der Waals surface area (Å²) in [5.41, 5.74) is 0.744. The van der Waals surface area contributed by atoms with Gasteiger partial charge in [-0.3, -0.25) is 4.68 Å². The first-order valence-electron chi connectivity index (χ1n) is 5.38. The lowest BCUT2D eigenvalue weighted by molar-refractivity contribution is 0.240. The second kappa shape index (κ2) is 4.33. The van der Waals surface area contributed by atoms with E-state index in [2.05, 4.69) is 15.7 Å². The Bertz CT molecular complexity index is 343. The number of hydrogen-bond donors (Lipinski definition) is 2. The van der Waals surface area contributed by atoms with Crippen LogP contribution in [0.3, 0.4) is 0 Å². The highest BCUT2D eigenvalue weighted by atomic mass is 16.2. The number of nitrogens with one attached hydrogen (secondary N) is 2. The van der Waals surface area contributed by atoms with Gasteiger partial charge in [0.2, 0.25) is 0 Å². The largest absolute Gasteiger partial charge is 0.335 e. The van der Waals surface area contributed by atoms with Gasteiger partial charge in [-0.2, -0.15) is 5.10 Å². The number of rotatable bonds is 3. The fraction of sp³-hybridized carbons (Fsp3) is 0.600. The molecule has 0 aliphatic heterocycles. The zero-order valence-electron chi connectivity index (χ0n) is 8.86. The Morgan fingerprint density at radius 1 is 1.67 bits per heavy atom. The van der Waals surface area contributed by atoms with Crippen LogP contribution in [0.2, 0.25) is 0 Å². The molecule has 1 aliphatic carbocycles. The van der Waals surface area contributed by atoms with Gasteiger partial charge in [-0.1, -0.05) is 0 Å². The number of carbonyl (C=O) groups is 1. The highest BCUT2D eigenvalue weighted by Gasteiger charge is 2.19. The molecule has 1 aromatic heterocycles. The van der Waals surface area contributed by atoms with Gasteiger partial charge in [-0.15, -0.1) is 0 Å². The minimum atomic E-state index is -0.129. The Labute approximate surface area is 88.8 Å².